The number of benzene rings is 5. The molecule has 0 fully saturated rings. The molecule has 0 heterocycles. The van der Waals surface area contributed by atoms with E-state index < -0.39 is 31.1 Å². The number of aryl methyl sites for hydroxylation is 2. The highest BCUT2D eigenvalue weighted by atomic mass is 32.2. The predicted molar refractivity (Wildman–Crippen MR) is 204 cm³/mol. The highest BCUT2D eigenvalue weighted by Gasteiger charge is 2.27. The second-order valence-electron chi connectivity index (χ2n) is 13.7. The van der Waals surface area contributed by atoms with E-state index in [0.29, 0.717) is 23.1 Å². The fourth-order valence-electron chi connectivity index (χ4n) is 6.63. The van der Waals surface area contributed by atoms with E-state index in [0.717, 1.165) is 37.6 Å². The van der Waals surface area contributed by atoms with Crippen molar-refractivity contribution in [1.82, 2.24) is 0 Å². The highest BCUT2D eigenvalue weighted by molar-refractivity contribution is 8.17. The topological polar surface area (TPSA) is 109 Å². The van der Waals surface area contributed by atoms with Crippen LogP contribution in [0.3, 0.4) is 0 Å². The van der Waals surface area contributed by atoms with E-state index in [-0.39, 0.29) is 27.5 Å². The molecule has 0 aliphatic heterocycles. The van der Waals surface area contributed by atoms with Crippen LogP contribution in [0.1, 0.15) is 85.8 Å². The molecule has 2 N–H and O–H groups in total. The molecule has 0 aliphatic rings. The van der Waals surface area contributed by atoms with Gasteiger partial charge < -0.3 is 0 Å². The SMILES string of the molecule is Cc1cc(S(=O)(=O)O)c(C)cc1-c1cccc([SH](c2ccccc2)c2cccc(CC(C)c3cc(C(C)C)cc(C(C)C)c3S(=O)(=O)O)c2)c1. The lowest BCUT2D eigenvalue weighted by Crippen LogP contribution is -2.13. The van der Waals surface area contributed by atoms with E-state index in [4.69, 9.17) is 0 Å². The second-order valence-corrected chi connectivity index (χ2v) is 18.7. The quantitative estimate of drug-likeness (QED) is 0.0922. The Kier molecular flexibility index (Phi) is 11.2. The molecule has 2 atom stereocenters. The number of hydrogen-bond acceptors (Lipinski definition) is 4. The highest BCUT2D eigenvalue weighted by Crippen LogP contribution is 2.52. The van der Waals surface area contributed by atoms with Crippen molar-refractivity contribution >= 4 is 31.1 Å². The third-order valence-electron chi connectivity index (χ3n) is 9.19. The van der Waals surface area contributed by atoms with Crippen LogP contribution < -0.4 is 0 Å². The summed E-state index contributed by atoms with van der Waals surface area (Å²) >= 11 is 0. The van der Waals surface area contributed by atoms with E-state index >= 15 is 0 Å². The summed E-state index contributed by atoms with van der Waals surface area (Å²) < 4.78 is 69.7. The lowest BCUT2D eigenvalue weighted by atomic mass is 9.86. The maximum Gasteiger partial charge on any atom is 0.295 e. The van der Waals surface area contributed by atoms with Crippen molar-refractivity contribution in [3.05, 3.63) is 137 Å². The van der Waals surface area contributed by atoms with Gasteiger partial charge in [-0.1, -0.05) is 89.2 Å². The van der Waals surface area contributed by atoms with Crippen molar-refractivity contribution in [1.29, 1.82) is 0 Å². The molecule has 5 rings (SSSR count). The molecular weight excluding hydrogens is 685 g/mol. The Balaban J connectivity index is 1.59. The van der Waals surface area contributed by atoms with Crippen LogP contribution in [0.2, 0.25) is 0 Å². The van der Waals surface area contributed by atoms with Gasteiger partial charge in [0.05, 0.1) is 4.90 Å². The van der Waals surface area contributed by atoms with Crippen molar-refractivity contribution in [3.63, 3.8) is 0 Å². The zero-order valence-electron chi connectivity index (χ0n) is 29.5. The first-order valence-electron chi connectivity index (χ1n) is 16.7. The smallest absolute Gasteiger partial charge is 0.282 e. The fraction of sp³-hybridized carbons (Fsp3) is 0.268. The Bertz CT molecular complexity index is 2240. The Hall–Kier alpha value is -3.73. The first-order chi connectivity index (χ1) is 23.5. The molecule has 0 amide bonds. The standard InChI is InChI=1S/C41H46O6S3/c1-26(2)33-24-37(27(3)4)41(50(45,46)47)39(25-33)28(5)19-31-13-11-17-35(22-31)48(34-15-9-8-10-16-34)36-18-12-14-32(23-36)38-20-30(7)40(21-29(38)6)49(42,43)44/h8-18,20-28,48H,19H2,1-7H3,(H,42,43,44)(H,45,46,47). The molecular formula is C41H46O6S3. The summed E-state index contributed by atoms with van der Waals surface area (Å²) in [5.74, 6) is -0.0872. The van der Waals surface area contributed by atoms with Gasteiger partial charge in [0.25, 0.3) is 20.2 Å². The summed E-state index contributed by atoms with van der Waals surface area (Å²) in [4.78, 5) is 3.35. The maximum absolute atomic E-state index is 12.8. The summed E-state index contributed by atoms with van der Waals surface area (Å²) in [5, 5.41) is 0. The Morgan fingerprint density at radius 2 is 1.20 bits per heavy atom. The van der Waals surface area contributed by atoms with Gasteiger partial charge in [0.15, 0.2) is 0 Å². The van der Waals surface area contributed by atoms with E-state index in [9.17, 15) is 25.9 Å². The zero-order chi connectivity index (χ0) is 36.5. The van der Waals surface area contributed by atoms with Gasteiger partial charge in [0.2, 0.25) is 0 Å². The number of hydrogen-bond donors (Lipinski definition) is 3. The third-order valence-corrected chi connectivity index (χ3v) is 13.6. The molecule has 0 aliphatic carbocycles. The summed E-state index contributed by atoms with van der Waals surface area (Å²) in [6.45, 7) is 13.6. The molecule has 6 nitrogen and oxygen atoms in total. The summed E-state index contributed by atoms with van der Waals surface area (Å²) in [7, 11) is -9.82. The first kappa shape index (κ1) is 37.5. The van der Waals surface area contributed by atoms with E-state index in [1.807, 2.05) is 76.2 Å². The average molecular weight is 731 g/mol. The zero-order valence-corrected chi connectivity index (χ0v) is 32.1. The van der Waals surface area contributed by atoms with Gasteiger partial charge in [-0.05, 0) is 146 Å². The number of rotatable bonds is 11. The molecule has 2 unspecified atom stereocenters. The van der Waals surface area contributed by atoms with Crippen molar-refractivity contribution in [3.8, 4) is 11.1 Å². The molecule has 5 aromatic rings. The Morgan fingerprint density at radius 1 is 0.600 bits per heavy atom. The van der Waals surface area contributed by atoms with Crippen LogP contribution in [0.15, 0.2) is 128 Å². The van der Waals surface area contributed by atoms with Crippen LogP contribution in [-0.4, -0.2) is 25.9 Å². The molecule has 264 valence electrons. The van der Waals surface area contributed by atoms with Crippen LogP contribution in [0.5, 0.6) is 0 Å². The minimum absolute atomic E-state index is 0.0269. The molecule has 0 spiro atoms. The van der Waals surface area contributed by atoms with E-state index in [1.165, 1.54) is 11.0 Å². The van der Waals surface area contributed by atoms with Gasteiger partial charge in [0, 0.05) is 0 Å². The van der Waals surface area contributed by atoms with Gasteiger partial charge >= 0.3 is 0 Å². The second kappa shape index (κ2) is 14.9. The van der Waals surface area contributed by atoms with Crippen molar-refractivity contribution in [2.45, 2.75) is 97.1 Å². The molecule has 5 aromatic carbocycles. The molecule has 0 aromatic heterocycles. The lowest BCUT2D eigenvalue weighted by molar-refractivity contribution is 0.477. The van der Waals surface area contributed by atoms with E-state index in [1.54, 1.807) is 6.92 Å². The average Bonchev–Trinajstić information content (AvgIpc) is 3.05. The summed E-state index contributed by atoms with van der Waals surface area (Å²) in [6.07, 6.45) is 0.575. The number of thiol groups is 1. The molecule has 0 saturated heterocycles. The van der Waals surface area contributed by atoms with Crippen molar-refractivity contribution < 1.29 is 25.9 Å². The fourth-order valence-corrected chi connectivity index (χ4v) is 11.0. The first-order valence-corrected chi connectivity index (χ1v) is 21.0. The summed E-state index contributed by atoms with van der Waals surface area (Å²) in [5.41, 5.74) is 6.43. The maximum atomic E-state index is 12.8. The molecule has 0 radical (unpaired) electrons. The van der Waals surface area contributed by atoms with Crippen molar-refractivity contribution in [2.75, 3.05) is 0 Å². The predicted octanol–water partition coefficient (Wildman–Crippen LogP) is 10.5. The molecule has 50 heavy (non-hydrogen) atoms. The molecule has 0 bridgehead atoms. The summed E-state index contributed by atoms with van der Waals surface area (Å²) in [6, 6.07) is 34.3. The van der Waals surface area contributed by atoms with Crippen LogP contribution in [0.25, 0.3) is 11.1 Å². The van der Waals surface area contributed by atoms with Gasteiger partial charge in [-0.3, -0.25) is 9.11 Å². The monoisotopic (exact) mass is 730 g/mol. The van der Waals surface area contributed by atoms with Gasteiger partial charge in [0.1, 0.15) is 4.90 Å². The van der Waals surface area contributed by atoms with Crippen LogP contribution >= 0.6 is 10.9 Å². The molecule has 0 saturated carbocycles. The van der Waals surface area contributed by atoms with E-state index in [2.05, 4.69) is 62.4 Å². The van der Waals surface area contributed by atoms with Gasteiger partial charge in [-0.15, -0.1) is 0 Å². The molecule has 9 heteroatoms. The Morgan fingerprint density at radius 3 is 1.80 bits per heavy atom. The largest absolute Gasteiger partial charge is 0.295 e. The normalized spacial score (nSPS) is 13.9. The van der Waals surface area contributed by atoms with Crippen LogP contribution in [-0.2, 0) is 26.7 Å². The van der Waals surface area contributed by atoms with Gasteiger partial charge in [-0.25, -0.2) is 0 Å². The van der Waals surface area contributed by atoms with Crippen LogP contribution in [0, 0.1) is 13.8 Å². The van der Waals surface area contributed by atoms with Crippen LogP contribution in [0.4, 0.5) is 0 Å². The third kappa shape index (κ3) is 8.24. The van der Waals surface area contributed by atoms with Crippen molar-refractivity contribution in [2.24, 2.45) is 0 Å². The lowest BCUT2D eigenvalue weighted by Gasteiger charge is -2.26. The van der Waals surface area contributed by atoms with Gasteiger partial charge in [-0.2, -0.15) is 27.7 Å². The minimum atomic E-state index is -4.46. The Labute approximate surface area is 300 Å². The minimum Gasteiger partial charge on any atom is -0.282 e.